The van der Waals surface area contributed by atoms with Crippen molar-refractivity contribution in [2.24, 2.45) is 7.05 Å². The van der Waals surface area contributed by atoms with Gasteiger partial charge in [0, 0.05) is 18.8 Å². The number of hydrogen-bond donors (Lipinski definition) is 1. The highest BCUT2D eigenvalue weighted by Gasteiger charge is 2.17. The van der Waals surface area contributed by atoms with E-state index >= 15 is 0 Å². The van der Waals surface area contributed by atoms with Gasteiger partial charge >= 0.3 is 6.03 Å². The topological polar surface area (TPSA) is 50.2 Å². The Labute approximate surface area is 135 Å². The molecule has 1 aromatic heterocycles. The number of anilines is 2. The summed E-state index contributed by atoms with van der Waals surface area (Å²) in [5.74, 6) is 0.656. The molecular formula is C18H18N4O. The van der Waals surface area contributed by atoms with Crippen molar-refractivity contribution in [3.05, 3.63) is 78.5 Å². The minimum absolute atomic E-state index is 0.191. The number of urea groups is 1. The van der Waals surface area contributed by atoms with Crippen molar-refractivity contribution in [2.75, 3.05) is 10.2 Å². The Hall–Kier alpha value is -3.08. The summed E-state index contributed by atoms with van der Waals surface area (Å²) in [7, 11) is 1.79. The van der Waals surface area contributed by atoms with Gasteiger partial charge in [0.15, 0.2) is 0 Å². The summed E-state index contributed by atoms with van der Waals surface area (Å²) in [6.45, 7) is 0.495. The molecule has 0 radical (unpaired) electrons. The highest BCUT2D eigenvalue weighted by molar-refractivity contribution is 6.01. The smallest absolute Gasteiger partial charge is 0.292 e. The number of carbonyl (C=O) groups is 1. The van der Waals surface area contributed by atoms with Crippen molar-refractivity contribution >= 4 is 17.5 Å². The van der Waals surface area contributed by atoms with Crippen molar-refractivity contribution in [2.45, 2.75) is 6.54 Å². The van der Waals surface area contributed by atoms with E-state index in [0.717, 1.165) is 11.3 Å². The second-order valence-corrected chi connectivity index (χ2v) is 5.18. The van der Waals surface area contributed by atoms with E-state index in [1.165, 1.54) is 0 Å². The summed E-state index contributed by atoms with van der Waals surface area (Å²) in [4.78, 5) is 14.5. The Balaban J connectivity index is 1.85. The van der Waals surface area contributed by atoms with Crippen molar-refractivity contribution in [3.63, 3.8) is 0 Å². The summed E-state index contributed by atoms with van der Waals surface area (Å²) in [6.07, 6.45) is 1.65. The third kappa shape index (κ3) is 3.58. The average molecular weight is 306 g/mol. The van der Waals surface area contributed by atoms with Gasteiger partial charge < -0.3 is 0 Å². The normalized spacial score (nSPS) is 10.3. The Morgan fingerprint density at radius 2 is 1.70 bits per heavy atom. The molecule has 23 heavy (non-hydrogen) atoms. The first-order valence-corrected chi connectivity index (χ1v) is 7.39. The molecule has 0 aliphatic carbocycles. The van der Waals surface area contributed by atoms with Crippen LogP contribution in [0.2, 0.25) is 0 Å². The summed E-state index contributed by atoms with van der Waals surface area (Å²) < 4.78 is 1.63. The standard InChI is InChI=1S/C18H18N4O/c1-21-17(12-13-19-21)20-18(23)22(16-10-6-3-7-11-16)14-15-8-4-2-5-9-15/h2-13H,14H2,1H3,(H,20,23). The van der Waals surface area contributed by atoms with Gasteiger partial charge in [-0.15, -0.1) is 0 Å². The molecule has 116 valence electrons. The Morgan fingerprint density at radius 1 is 1.04 bits per heavy atom. The van der Waals surface area contributed by atoms with Gasteiger partial charge in [0.25, 0.3) is 0 Å². The fourth-order valence-corrected chi connectivity index (χ4v) is 2.33. The van der Waals surface area contributed by atoms with Gasteiger partial charge in [0.1, 0.15) is 5.82 Å². The fraction of sp³-hybridized carbons (Fsp3) is 0.111. The maximum absolute atomic E-state index is 12.7. The van der Waals surface area contributed by atoms with Crippen LogP contribution >= 0.6 is 0 Å². The third-order valence-corrected chi connectivity index (χ3v) is 3.55. The Kier molecular flexibility index (Phi) is 4.38. The van der Waals surface area contributed by atoms with Crippen LogP contribution < -0.4 is 10.2 Å². The number of amides is 2. The lowest BCUT2D eigenvalue weighted by Gasteiger charge is -2.23. The van der Waals surface area contributed by atoms with Crippen LogP contribution in [0, 0.1) is 0 Å². The number of aromatic nitrogens is 2. The van der Waals surface area contributed by atoms with Gasteiger partial charge in [-0.25, -0.2) is 4.79 Å². The van der Waals surface area contributed by atoms with Gasteiger partial charge in [0.05, 0.1) is 12.7 Å². The molecule has 0 bridgehead atoms. The van der Waals surface area contributed by atoms with E-state index in [-0.39, 0.29) is 6.03 Å². The molecule has 0 saturated carbocycles. The molecule has 5 nitrogen and oxygen atoms in total. The summed E-state index contributed by atoms with van der Waals surface area (Å²) in [5.41, 5.74) is 1.91. The van der Waals surface area contributed by atoms with E-state index in [1.807, 2.05) is 60.7 Å². The molecular weight excluding hydrogens is 288 g/mol. The largest absolute Gasteiger partial charge is 0.327 e. The second kappa shape index (κ2) is 6.79. The van der Waals surface area contributed by atoms with Crippen LogP contribution in [0.3, 0.4) is 0 Å². The van der Waals surface area contributed by atoms with E-state index in [9.17, 15) is 4.79 Å². The molecule has 0 saturated heterocycles. The molecule has 0 spiro atoms. The highest BCUT2D eigenvalue weighted by atomic mass is 16.2. The van der Waals surface area contributed by atoms with Crippen molar-refractivity contribution in [3.8, 4) is 0 Å². The predicted octanol–water partition coefficient (Wildman–Crippen LogP) is 3.66. The number of nitrogens with one attached hydrogen (secondary N) is 1. The zero-order valence-corrected chi connectivity index (χ0v) is 12.9. The van der Waals surface area contributed by atoms with E-state index in [4.69, 9.17) is 0 Å². The number of nitrogens with zero attached hydrogens (tertiary/aromatic N) is 3. The quantitative estimate of drug-likeness (QED) is 0.799. The molecule has 0 aliphatic heterocycles. The minimum Gasteiger partial charge on any atom is -0.292 e. The van der Waals surface area contributed by atoms with E-state index in [1.54, 1.807) is 28.9 Å². The molecule has 0 aliphatic rings. The Morgan fingerprint density at radius 3 is 2.30 bits per heavy atom. The molecule has 1 N–H and O–H groups in total. The van der Waals surface area contributed by atoms with Crippen LogP contribution in [0.15, 0.2) is 72.9 Å². The van der Waals surface area contributed by atoms with Crippen LogP contribution in [0.5, 0.6) is 0 Å². The lowest BCUT2D eigenvalue weighted by Crippen LogP contribution is -2.35. The summed E-state index contributed by atoms with van der Waals surface area (Å²) >= 11 is 0. The molecule has 2 amide bonds. The molecule has 1 heterocycles. The zero-order valence-electron chi connectivity index (χ0n) is 12.9. The predicted molar refractivity (Wildman–Crippen MR) is 91.3 cm³/mol. The van der Waals surface area contributed by atoms with Gasteiger partial charge in [-0.2, -0.15) is 5.10 Å². The third-order valence-electron chi connectivity index (χ3n) is 3.55. The first-order valence-electron chi connectivity index (χ1n) is 7.39. The molecule has 2 aromatic carbocycles. The highest BCUT2D eigenvalue weighted by Crippen LogP contribution is 2.18. The summed E-state index contributed by atoms with van der Waals surface area (Å²) in [6, 6.07) is 21.1. The molecule has 0 unspecified atom stereocenters. The van der Waals surface area contributed by atoms with E-state index in [2.05, 4.69) is 10.4 Å². The van der Waals surface area contributed by atoms with Crippen LogP contribution in [0.1, 0.15) is 5.56 Å². The summed E-state index contributed by atoms with van der Waals surface area (Å²) in [5, 5.41) is 6.97. The SMILES string of the molecule is Cn1nccc1NC(=O)N(Cc1ccccc1)c1ccccc1. The number of rotatable bonds is 4. The first kappa shape index (κ1) is 14.8. The monoisotopic (exact) mass is 306 g/mol. The van der Waals surface area contributed by atoms with Gasteiger partial charge in [0.2, 0.25) is 0 Å². The van der Waals surface area contributed by atoms with Crippen LogP contribution in [-0.2, 0) is 13.6 Å². The lowest BCUT2D eigenvalue weighted by atomic mass is 10.2. The molecule has 5 heteroatoms. The average Bonchev–Trinajstić information content (AvgIpc) is 2.99. The zero-order chi connectivity index (χ0) is 16.1. The molecule has 0 fully saturated rings. The van der Waals surface area contributed by atoms with Gasteiger partial charge in [-0.05, 0) is 17.7 Å². The van der Waals surface area contributed by atoms with Crippen molar-refractivity contribution in [1.29, 1.82) is 0 Å². The van der Waals surface area contributed by atoms with Gasteiger partial charge in [-0.1, -0.05) is 48.5 Å². The Bertz CT molecular complexity index is 768. The van der Waals surface area contributed by atoms with Crippen LogP contribution in [-0.4, -0.2) is 15.8 Å². The molecule has 0 atom stereocenters. The fourth-order valence-electron chi connectivity index (χ4n) is 2.33. The van der Waals surface area contributed by atoms with E-state index < -0.39 is 0 Å². The van der Waals surface area contributed by atoms with Crippen molar-refractivity contribution < 1.29 is 4.79 Å². The van der Waals surface area contributed by atoms with E-state index in [0.29, 0.717) is 12.4 Å². The van der Waals surface area contributed by atoms with Crippen molar-refractivity contribution in [1.82, 2.24) is 9.78 Å². The number of aryl methyl sites for hydroxylation is 1. The lowest BCUT2D eigenvalue weighted by molar-refractivity contribution is 0.256. The van der Waals surface area contributed by atoms with Crippen LogP contribution in [0.4, 0.5) is 16.3 Å². The molecule has 3 aromatic rings. The molecule has 3 rings (SSSR count). The minimum atomic E-state index is -0.191. The maximum Gasteiger partial charge on any atom is 0.327 e. The second-order valence-electron chi connectivity index (χ2n) is 5.18. The first-order chi connectivity index (χ1) is 11.2. The number of carbonyl (C=O) groups excluding carboxylic acids is 1. The number of para-hydroxylation sites is 1. The van der Waals surface area contributed by atoms with Gasteiger partial charge in [-0.3, -0.25) is 14.9 Å². The van der Waals surface area contributed by atoms with Crippen LogP contribution in [0.25, 0.3) is 0 Å². The number of hydrogen-bond acceptors (Lipinski definition) is 2. The number of benzene rings is 2. The maximum atomic E-state index is 12.7.